The zero-order valence-corrected chi connectivity index (χ0v) is 11.1. The Balaban J connectivity index is 2.51. The third kappa shape index (κ3) is 4.85. The van der Waals surface area contributed by atoms with E-state index in [0.29, 0.717) is 18.5 Å². The molecule has 0 aromatic heterocycles. The van der Waals surface area contributed by atoms with Crippen molar-refractivity contribution in [3.63, 3.8) is 0 Å². The highest BCUT2D eigenvalue weighted by molar-refractivity contribution is 9.10. The number of benzene rings is 1. The number of rotatable bonds is 5. The van der Waals surface area contributed by atoms with Gasteiger partial charge < -0.3 is 15.5 Å². The van der Waals surface area contributed by atoms with Gasteiger partial charge in [0.2, 0.25) is 5.91 Å². The molecule has 0 bridgehead atoms. The zero-order valence-electron chi connectivity index (χ0n) is 9.56. The van der Waals surface area contributed by atoms with Crippen LogP contribution < -0.4 is 5.32 Å². The summed E-state index contributed by atoms with van der Waals surface area (Å²) in [4.78, 5) is 10.6. The Kier molecular flexibility index (Phi) is 5.61. The summed E-state index contributed by atoms with van der Waals surface area (Å²) < 4.78 is 0.850. The molecular weight excluding hydrogens is 286 g/mol. The van der Waals surface area contributed by atoms with E-state index in [2.05, 4.69) is 21.2 Å². The number of aliphatic hydroxyl groups excluding tert-OH is 2. The lowest BCUT2D eigenvalue weighted by molar-refractivity contribution is -0.119. The summed E-state index contributed by atoms with van der Waals surface area (Å²) in [5, 5.41) is 22.2. The molecule has 0 radical (unpaired) electrons. The molecule has 0 saturated carbocycles. The van der Waals surface area contributed by atoms with Crippen molar-refractivity contribution in [3.8, 4) is 0 Å². The minimum absolute atomic E-state index is 0.144. The molecule has 3 N–H and O–H groups in total. The first-order valence-electron chi connectivity index (χ1n) is 5.36. The van der Waals surface area contributed by atoms with E-state index in [9.17, 15) is 15.0 Å². The van der Waals surface area contributed by atoms with Gasteiger partial charge in [-0.05, 0) is 24.1 Å². The maximum absolute atomic E-state index is 10.6. The van der Waals surface area contributed by atoms with E-state index >= 15 is 0 Å². The maximum atomic E-state index is 10.6. The fraction of sp³-hybridized carbons (Fsp3) is 0.417. The van der Waals surface area contributed by atoms with Gasteiger partial charge in [-0.2, -0.15) is 0 Å². The van der Waals surface area contributed by atoms with Crippen LogP contribution in [0.1, 0.15) is 25.0 Å². The van der Waals surface area contributed by atoms with E-state index in [1.807, 2.05) is 6.07 Å². The minimum atomic E-state index is -0.943. The van der Waals surface area contributed by atoms with Crippen LogP contribution in [-0.4, -0.2) is 28.8 Å². The van der Waals surface area contributed by atoms with Gasteiger partial charge in [0.15, 0.2) is 0 Å². The molecule has 1 amide bonds. The van der Waals surface area contributed by atoms with Crippen LogP contribution in [0.25, 0.3) is 0 Å². The molecule has 4 nitrogen and oxygen atoms in total. The van der Waals surface area contributed by atoms with E-state index in [0.717, 1.165) is 4.47 Å². The Morgan fingerprint density at radius 2 is 2.18 bits per heavy atom. The number of amides is 1. The number of hydrogen-bond donors (Lipinski definition) is 3. The molecule has 0 aliphatic heterocycles. The SMILES string of the molecule is CC(=O)NCCC(O)C(O)c1cccc(Br)c1. The van der Waals surface area contributed by atoms with Gasteiger partial charge in [-0.3, -0.25) is 4.79 Å². The summed E-state index contributed by atoms with van der Waals surface area (Å²) in [5.74, 6) is -0.144. The first-order chi connectivity index (χ1) is 8.00. The largest absolute Gasteiger partial charge is 0.390 e. The molecule has 1 aromatic carbocycles. The maximum Gasteiger partial charge on any atom is 0.216 e. The van der Waals surface area contributed by atoms with Crippen LogP contribution in [0.15, 0.2) is 28.7 Å². The van der Waals surface area contributed by atoms with Gasteiger partial charge in [0, 0.05) is 17.9 Å². The summed E-state index contributed by atoms with van der Waals surface area (Å²) in [6.45, 7) is 1.76. The Hall–Kier alpha value is -0.910. The third-order valence-corrected chi connectivity index (χ3v) is 2.86. The van der Waals surface area contributed by atoms with Crippen molar-refractivity contribution in [2.24, 2.45) is 0 Å². The van der Waals surface area contributed by atoms with E-state index in [1.165, 1.54) is 6.92 Å². The molecule has 0 aliphatic rings. The topological polar surface area (TPSA) is 69.6 Å². The highest BCUT2D eigenvalue weighted by Gasteiger charge is 2.18. The molecule has 2 unspecified atom stereocenters. The molecule has 0 saturated heterocycles. The Morgan fingerprint density at radius 1 is 1.47 bits per heavy atom. The van der Waals surface area contributed by atoms with Crippen molar-refractivity contribution >= 4 is 21.8 Å². The Morgan fingerprint density at radius 3 is 2.76 bits per heavy atom. The van der Waals surface area contributed by atoms with Gasteiger partial charge in [0.05, 0.1) is 6.10 Å². The number of hydrogen-bond acceptors (Lipinski definition) is 3. The molecule has 0 aliphatic carbocycles. The van der Waals surface area contributed by atoms with Crippen molar-refractivity contribution < 1.29 is 15.0 Å². The lowest BCUT2D eigenvalue weighted by atomic mass is 10.0. The van der Waals surface area contributed by atoms with Crippen molar-refractivity contribution in [1.29, 1.82) is 0 Å². The molecule has 5 heteroatoms. The zero-order chi connectivity index (χ0) is 12.8. The Labute approximate surface area is 109 Å². The molecule has 1 aromatic rings. The number of halogens is 1. The van der Waals surface area contributed by atoms with Gasteiger partial charge in [-0.1, -0.05) is 28.1 Å². The summed E-state index contributed by atoms with van der Waals surface area (Å²) in [6, 6.07) is 7.15. The predicted octanol–water partition coefficient (Wildman–Crippen LogP) is 1.37. The second-order valence-electron chi connectivity index (χ2n) is 3.84. The molecule has 0 fully saturated rings. The summed E-state index contributed by atoms with van der Waals surface area (Å²) in [7, 11) is 0. The van der Waals surface area contributed by atoms with Crippen LogP contribution >= 0.6 is 15.9 Å². The van der Waals surface area contributed by atoms with Gasteiger partial charge in [0.25, 0.3) is 0 Å². The van der Waals surface area contributed by atoms with Gasteiger partial charge in [0.1, 0.15) is 6.10 Å². The molecule has 2 atom stereocenters. The number of nitrogens with one attached hydrogen (secondary N) is 1. The van der Waals surface area contributed by atoms with E-state index in [4.69, 9.17) is 0 Å². The lowest BCUT2D eigenvalue weighted by Crippen LogP contribution is -2.27. The molecule has 17 heavy (non-hydrogen) atoms. The lowest BCUT2D eigenvalue weighted by Gasteiger charge is -2.18. The van der Waals surface area contributed by atoms with Gasteiger partial charge in [-0.25, -0.2) is 0 Å². The first-order valence-corrected chi connectivity index (χ1v) is 6.16. The average Bonchev–Trinajstić information content (AvgIpc) is 2.27. The smallest absolute Gasteiger partial charge is 0.216 e. The van der Waals surface area contributed by atoms with E-state index < -0.39 is 12.2 Å². The number of carbonyl (C=O) groups is 1. The second kappa shape index (κ2) is 6.74. The van der Waals surface area contributed by atoms with Crippen LogP contribution in [0, 0.1) is 0 Å². The summed E-state index contributed by atoms with van der Waals surface area (Å²) in [5.41, 5.74) is 0.648. The standard InChI is InChI=1S/C12H16BrNO3/c1-8(15)14-6-5-11(16)12(17)9-3-2-4-10(13)7-9/h2-4,7,11-12,16-17H,5-6H2,1H3,(H,14,15). The van der Waals surface area contributed by atoms with Crippen molar-refractivity contribution in [3.05, 3.63) is 34.3 Å². The normalized spacial score (nSPS) is 14.1. The van der Waals surface area contributed by atoms with Crippen LogP contribution in [0.2, 0.25) is 0 Å². The van der Waals surface area contributed by atoms with Crippen molar-refractivity contribution in [2.75, 3.05) is 6.54 Å². The monoisotopic (exact) mass is 301 g/mol. The number of aliphatic hydroxyl groups is 2. The van der Waals surface area contributed by atoms with E-state index in [1.54, 1.807) is 18.2 Å². The molecule has 0 heterocycles. The van der Waals surface area contributed by atoms with Crippen molar-refractivity contribution in [1.82, 2.24) is 5.32 Å². The van der Waals surface area contributed by atoms with E-state index in [-0.39, 0.29) is 5.91 Å². The van der Waals surface area contributed by atoms with Crippen LogP contribution in [-0.2, 0) is 4.79 Å². The highest BCUT2D eigenvalue weighted by atomic mass is 79.9. The third-order valence-electron chi connectivity index (χ3n) is 2.37. The fourth-order valence-corrected chi connectivity index (χ4v) is 1.88. The molecular formula is C12H16BrNO3. The summed E-state index contributed by atoms with van der Waals surface area (Å²) in [6.07, 6.45) is -1.52. The average molecular weight is 302 g/mol. The number of carbonyl (C=O) groups excluding carboxylic acids is 1. The van der Waals surface area contributed by atoms with Crippen LogP contribution in [0.3, 0.4) is 0 Å². The molecule has 1 rings (SSSR count). The van der Waals surface area contributed by atoms with Gasteiger partial charge in [-0.15, -0.1) is 0 Å². The van der Waals surface area contributed by atoms with Gasteiger partial charge >= 0.3 is 0 Å². The van der Waals surface area contributed by atoms with Crippen LogP contribution in [0.4, 0.5) is 0 Å². The predicted molar refractivity (Wildman–Crippen MR) is 68.4 cm³/mol. The highest BCUT2D eigenvalue weighted by Crippen LogP contribution is 2.21. The molecule has 0 spiro atoms. The molecule has 94 valence electrons. The minimum Gasteiger partial charge on any atom is -0.390 e. The fourth-order valence-electron chi connectivity index (χ4n) is 1.47. The Bertz CT molecular complexity index is 384. The quantitative estimate of drug-likeness (QED) is 0.769. The van der Waals surface area contributed by atoms with Crippen molar-refractivity contribution in [2.45, 2.75) is 25.6 Å². The summed E-state index contributed by atoms with van der Waals surface area (Å²) >= 11 is 3.30. The first kappa shape index (κ1) is 14.2. The van der Waals surface area contributed by atoms with Crippen LogP contribution in [0.5, 0.6) is 0 Å². The second-order valence-corrected chi connectivity index (χ2v) is 4.75.